The monoisotopic (exact) mass is 536 g/mol. The number of nitrogens with two attached hydrogens (primary N) is 1. The van der Waals surface area contributed by atoms with Crippen molar-refractivity contribution in [2.75, 3.05) is 68.0 Å². The number of ether oxygens (including phenoxy) is 1. The van der Waals surface area contributed by atoms with E-state index in [0.29, 0.717) is 38.7 Å². The second-order valence-corrected chi connectivity index (χ2v) is 10.9. The van der Waals surface area contributed by atoms with Gasteiger partial charge in [-0.3, -0.25) is 9.59 Å². The number of nitrogen functional groups attached to an aromatic ring is 1. The Balaban J connectivity index is 1.20. The number of rotatable bonds is 5. The highest BCUT2D eigenvalue weighted by Gasteiger charge is 2.28. The zero-order valence-electron chi connectivity index (χ0n) is 21.4. The third-order valence-corrected chi connectivity index (χ3v) is 8.46. The van der Waals surface area contributed by atoms with Crippen LogP contribution in [0.3, 0.4) is 0 Å². The summed E-state index contributed by atoms with van der Waals surface area (Å²) in [6.07, 6.45) is 5.37. The van der Waals surface area contributed by atoms with E-state index >= 15 is 0 Å². The number of anilines is 3. The van der Waals surface area contributed by atoms with E-state index in [-0.39, 0.29) is 17.9 Å². The maximum Gasteiger partial charge on any atom is 0.261 e. The van der Waals surface area contributed by atoms with E-state index in [9.17, 15) is 9.59 Å². The van der Waals surface area contributed by atoms with Gasteiger partial charge < -0.3 is 30.5 Å². The van der Waals surface area contributed by atoms with E-state index < -0.39 is 0 Å². The van der Waals surface area contributed by atoms with Gasteiger partial charge in [0.2, 0.25) is 5.91 Å². The average molecular weight is 537 g/mol. The number of hydrogen-bond acceptors (Lipinski definition) is 9. The maximum absolute atomic E-state index is 13.1. The van der Waals surface area contributed by atoms with Crippen molar-refractivity contribution in [3.8, 4) is 0 Å². The summed E-state index contributed by atoms with van der Waals surface area (Å²) in [4.78, 5) is 36.3. The van der Waals surface area contributed by atoms with Gasteiger partial charge in [0.1, 0.15) is 11.8 Å². The van der Waals surface area contributed by atoms with Crippen LogP contribution in [0.15, 0.2) is 29.9 Å². The Morgan fingerprint density at radius 2 is 2.03 bits per heavy atom. The van der Waals surface area contributed by atoms with Crippen molar-refractivity contribution < 1.29 is 14.3 Å². The van der Waals surface area contributed by atoms with E-state index in [1.165, 1.54) is 17.7 Å². The number of hydrogen-bond donors (Lipinski definition) is 2. The number of carbonyl (C=O) groups excluding carboxylic acids is 2. The number of nitrogens with zero attached hydrogens (tertiary/aromatic N) is 6. The molecule has 2 amide bonds. The van der Waals surface area contributed by atoms with Crippen molar-refractivity contribution in [3.05, 3.63) is 40.5 Å². The number of amides is 2. The van der Waals surface area contributed by atoms with Crippen molar-refractivity contribution in [2.24, 2.45) is 0 Å². The van der Waals surface area contributed by atoms with E-state index in [1.807, 2.05) is 10.6 Å². The van der Waals surface area contributed by atoms with Gasteiger partial charge in [-0.15, -0.1) is 11.3 Å². The van der Waals surface area contributed by atoms with Gasteiger partial charge in [-0.05, 0) is 30.5 Å². The quantitative estimate of drug-likeness (QED) is 0.507. The van der Waals surface area contributed by atoms with Gasteiger partial charge in [0.15, 0.2) is 5.82 Å². The summed E-state index contributed by atoms with van der Waals surface area (Å²) in [5.74, 6) is 0.416. The Bertz CT molecular complexity index is 1390. The number of thiophene rings is 1. The lowest BCUT2D eigenvalue weighted by Gasteiger charge is -2.34. The van der Waals surface area contributed by atoms with Crippen LogP contribution in [0, 0.1) is 0 Å². The molecule has 3 aliphatic heterocycles. The highest BCUT2D eigenvalue weighted by molar-refractivity contribution is 7.12. The first-order valence-electron chi connectivity index (χ1n) is 13.0. The molecule has 6 heterocycles. The minimum absolute atomic E-state index is 0.00772. The molecule has 2 saturated heterocycles. The largest absolute Gasteiger partial charge is 0.382 e. The second-order valence-electron chi connectivity index (χ2n) is 9.98. The van der Waals surface area contributed by atoms with E-state index in [0.717, 1.165) is 65.5 Å². The van der Waals surface area contributed by atoms with Crippen LogP contribution in [0.1, 0.15) is 35.1 Å². The van der Waals surface area contributed by atoms with Gasteiger partial charge in [0, 0.05) is 63.3 Å². The summed E-state index contributed by atoms with van der Waals surface area (Å²) in [5.41, 5.74) is 11.1. The molecule has 11 nitrogen and oxygen atoms in total. The van der Waals surface area contributed by atoms with Crippen LogP contribution >= 0.6 is 11.3 Å². The first kappa shape index (κ1) is 24.7. The summed E-state index contributed by atoms with van der Waals surface area (Å²) >= 11 is 1.48. The van der Waals surface area contributed by atoms with Crippen LogP contribution in [0.2, 0.25) is 0 Å². The van der Waals surface area contributed by atoms with Gasteiger partial charge in [0.05, 0.1) is 29.5 Å². The molecule has 0 aliphatic carbocycles. The number of nitrogens with one attached hydrogen (secondary N) is 1. The number of aromatic nitrogens is 3. The highest BCUT2D eigenvalue weighted by Crippen LogP contribution is 2.35. The molecule has 3 aromatic rings. The zero-order valence-corrected chi connectivity index (χ0v) is 22.2. The normalized spacial score (nSPS) is 20.2. The lowest BCUT2D eigenvalue weighted by Crippen LogP contribution is -2.47. The molecule has 0 bridgehead atoms. The molecule has 1 atom stereocenters. The van der Waals surface area contributed by atoms with Crippen LogP contribution in [0.25, 0.3) is 11.1 Å². The number of morpholine rings is 1. The average Bonchev–Trinajstić information content (AvgIpc) is 3.68. The summed E-state index contributed by atoms with van der Waals surface area (Å²) in [7, 11) is 0. The van der Waals surface area contributed by atoms with Gasteiger partial charge in [0.25, 0.3) is 5.91 Å². The Labute approximate surface area is 224 Å². The minimum atomic E-state index is -0.0351. The maximum atomic E-state index is 13.1. The highest BCUT2D eigenvalue weighted by atomic mass is 32.1. The van der Waals surface area contributed by atoms with Crippen molar-refractivity contribution in [1.82, 2.24) is 24.8 Å². The van der Waals surface area contributed by atoms with Gasteiger partial charge in [-0.25, -0.2) is 9.50 Å². The lowest BCUT2D eigenvalue weighted by molar-refractivity contribution is -0.127. The molecule has 0 radical (unpaired) electrons. The SMILES string of the molecule is CC(=O)N1CC=C(c2cc(N3CCC[C@@H](NC(=O)c4cc(N5CCOCC5)cs4)C3)c3c(N)ncnn23)C1. The van der Waals surface area contributed by atoms with E-state index in [4.69, 9.17) is 10.5 Å². The first-order valence-corrected chi connectivity index (χ1v) is 13.9. The van der Waals surface area contributed by atoms with Crippen molar-refractivity contribution in [2.45, 2.75) is 25.8 Å². The fraction of sp³-hybridized carbons (Fsp3) is 0.462. The molecule has 0 spiro atoms. The van der Waals surface area contributed by atoms with Crippen molar-refractivity contribution in [3.63, 3.8) is 0 Å². The summed E-state index contributed by atoms with van der Waals surface area (Å²) in [6.45, 7) is 7.34. The number of piperidine rings is 1. The molecular weight excluding hydrogens is 504 g/mol. The topological polar surface area (TPSA) is 121 Å². The predicted molar refractivity (Wildman–Crippen MR) is 148 cm³/mol. The molecule has 0 unspecified atom stereocenters. The Morgan fingerprint density at radius 1 is 1.18 bits per heavy atom. The molecule has 38 heavy (non-hydrogen) atoms. The fourth-order valence-electron chi connectivity index (χ4n) is 5.50. The lowest BCUT2D eigenvalue weighted by atomic mass is 10.0. The van der Waals surface area contributed by atoms with Gasteiger partial charge in [-0.2, -0.15) is 5.10 Å². The molecular formula is C26H32N8O3S. The van der Waals surface area contributed by atoms with E-state index in [1.54, 1.807) is 11.8 Å². The van der Waals surface area contributed by atoms with Gasteiger partial charge in [-0.1, -0.05) is 6.08 Å². The summed E-state index contributed by atoms with van der Waals surface area (Å²) < 4.78 is 7.27. The fourth-order valence-corrected chi connectivity index (χ4v) is 6.32. The number of fused-ring (bicyclic) bond motifs is 1. The third-order valence-electron chi connectivity index (χ3n) is 7.54. The molecule has 0 aromatic carbocycles. The molecule has 12 heteroatoms. The zero-order chi connectivity index (χ0) is 26.2. The standard InChI is InChI=1S/C26H32N8O3S/c1-17(35)32-6-4-18(13-32)21-12-22(24-25(27)28-16-29-34(21)24)33-5-2-3-19(14-33)30-26(36)23-11-20(15-38-23)31-7-9-37-10-8-31/h4,11-12,15-16,19H,2-3,5-10,13-14H2,1H3,(H,30,36)(H2,27,28,29)/t19-/m1/s1. The van der Waals surface area contributed by atoms with Crippen LogP contribution in [-0.2, 0) is 9.53 Å². The Hall–Kier alpha value is -3.64. The Kier molecular flexibility index (Phi) is 6.66. The summed E-state index contributed by atoms with van der Waals surface area (Å²) in [6, 6.07) is 4.08. The Morgan fingerprint density at radius 3 is 2.82 bits per heavy atom. The van der Waals surface area contributed by atoms with Crippen LogP contribution in [0.4, 0.5) is 17.2 Å². The molecule has 3 N–H and O–H groups in total. The summed E-state index contributed by atoms with van der Waals surface area (Å²) in [5, 5.41) is 9.80. The molecule has 2 fully saturated rings. The van der Waals surface area contributed by atoms with Crippen LogP contribution < -0.4 is 20.9 Å². The van der Waals surface area contributed by atoms with E-state index in [2.05, 4.69) is 42.7 Å². The van der Waals surface area contributed by atoms with Gasteiger partial charge >= 0.3 is 0 Å². The second kappa shape index (κ2) is 10.3. The van der Waals surface area contributed by atoms with Crippen molar-refractivity contribution >= 4 is 51.4 Å². The molecule has 3 aromatic heterocycles. The molecule has 6 rings (SSSR count). The van der Waals surface area contributed by atoms with Crippen LogP contribution in [0.5, 0.6) is 0 Å². The molecule has 200 valence electrons. The molecule has 0 saturated carbocycles. The smallest absolute Gasteiger partial charge is 0.261 e. The third kappa shape index (κ3) is 4.69. The van der Waals surface area contributed by atoms with Crippen LogP contribution in [-0.4, -0.2) is 89.8 Å². The predicted octanol–water partition coefficient (Wildman–Crippen LogP) is 1.85. The first-order chi connectivity index (χ1) is 18.5. The molecule has 3 aliphatic rings. The van der Waals surface area contributed by atoms with Crippen molar-refractivity contribution in [1.29, 1.82) is 0 Å². The number of carbonyl (C=O) groups is 2. The minimum Gasteiger partial charge on any atom is -0.382 e.